The molecule has 28 heavy (non-hydrogen) atoms. The summed E-state index contributed by atoms with van der Waals surface area (Å²) in [4.78, 5) is 12.4. The summed E-state index contributed by atoms with van der Waals surface area (Å²) in [6, 6.07) is 0. The molecule has 4 N–H and O–H groups in total. The van der Waals surface area contributed by atoms with E-state index in [0.717, 1.165) is 0 Å². The molecule has 0 aromatic carbocycles. The fourth-order valence-corrected chi connectivity index (χ4v) is 3.85. The van der Waals surface area contributed by atoms with Crippen molar-refractivity contribution in [2.24, 2.45) is 0 Å². The Labute approximate surface area is 164 Å². The maximum absolute atomic E-state index is 10.6. The number of imidazole rings is 1. The molecule has 10 nitrogen and oxygen atoms in total. The third-order valence-corrected chi connectivity index (χ3v) is 10.1. The summed E-state index contributed by atoms with van der Waals surface area (Å²) in [6.07, 6.45) is -2.38. The molecular weight excluding hydrogens is 382 g/mol. The largest absolute Gasteiger partial charge is 0.479 e. The van der Waals surface area contributed by atoms with Gasteiger partial charge in [-0.15, -0.1) is 0 Å². The number of hydrogen-bond donors (Lipinski definition) is 3. The van der Waals surface area contributed by atoms with Crippen molar-refractivity contribution in [2.45, 2.75) is 63.4 Å². The summed E-state index contributed by atoms with van der Waals surface area (Å²) in [7, 11) is -0.564. The summed E-state index contributed by atoms with van der Waals surface area (Å²) in [5.41, 5.74) is 6.49. The lowest BCUT2D eigenvalue weighted by Gasteiger charge is -2.37. The Balaban J connectivity index is 1.83. The van der Waals surface area contributed by atoms with Gasteiger partial charge in [-0.25, -0.2) is 4.98 Å². The molecule has 1 aliphatic rings. The number of methoxy groups -OCH3 is 1. The van der Waals surface area contributed by atoms with Crippen LogP contribution in [0, 0.1) is 0 Å². The van der Waals surface area contributed by atoms with Crippen molar-refractivity contribution in [2.75, 3.05) is 19.5 Å². The second kappa shape index (κ2) is 7.23. The van der Waals surface area contributed by atoms with Gasteiger partial charge in [0.2, 0.25) is 11.8 Å². The number of anilines is 1. The Morgan fingerprint density at radius 1 is 1.25 bits per heavy atom. The van der Waals surface area contributed by atoms with Gasteiger partial charge in [-0.3, -0.25) is 4.57 Å². The molecule has 156 valence electrons. The molecule has 1 fully saturated rings. The molecule has 0 saturated carbocycles. The minimum atomic E-state index is -2.02. The maximum Gasteiger partial charge on any atom is 0.246 e. The molecule has 0 spiro atoms. The fraction of sp³-hybridized carbons (Fsp3) is 0.706. The van der Waals surface area contributed by atoms with Crippen molar-refractivity contribution in [3.8, 4) is 5.88 Å². The van der Waals surface area contributed by atoms with Gasteiger partial charge in [0.05, 0.1) is 20.0 Å². The molecule has 1 saturated heterocycles. The van der Waals surface area contributed by atoms with Crippen LogP contribution < -0.4 is 10.5 Å². The molecule has 11 heteroatoms. The van der Waals surface area contributed by atoms with Crippen LogP contribution >= 0.6 is 0 Å². The van der Waals surface area contributed by atoms with Crippen LogP contribution in [0.25, 0.3) is 11.2 Å². The first kappa shape index (κ1) is 20.9. The summed E-state index contributed by atoms with van der Waals surface area (Å²) >= 11 is 0. The highest BCUT2D eigenvalue weighted by Gasteiger charge is 2.46. The molecule has 0 bridgehead atoms. The number of aliphatic hydroxyl groups excluding tert-OH is 2. The molecular formula is C17H29N5O5Si. The van der Waals surface area contributed by atoms with E-state index in [-0.39, 0.29) is 23.5 Å². The molecule has 1 aliphatic heterocycles. The molecule has 2 aromatic rings. The van der Waals surface area contributed by atoms with Crippen LogP contribution in [-0.2, 0) is 9.16 Å². The fourth-order valence-electron chi connectivity index (χ4n) is 2.84. The first-order chi connectivity index (χ1) is 13.0. The summed E-state index contributed by atoms with van der Waals surface area (Å²) in [5.74, 6) is 0.240. The second-order valence-electron chi connectivity index (χ2n) is 8.53. The van der Waals surface area contributed by atoms with Crippen LogP contribution in [0.2, 0.25) is 18.1 Å². The smallest absolute Gasteiger partial charge is 0.246 e. The Kier molecular flexibility index (Phi) is 5.40. The van der Waals surface area contributed by atoms with E-state index >= 15 is 0 Å². The number of nitrogens with two attached hydrogens (primary N) is 1. The van der Waals surface area contributed by atoms with Crippen LogP contribution in [0.5, 0.6) is 5.88 Å². The third-order valence-electron chi connectivity index (χ3n) is 5.63. The molecule has 3 heterocycles. The van der Waals surface area contributed by atoms with Crippen molar-refractivity contribution < 1.29 is 24.1 Å². The lowest BCUT2D eigenvalue weighted by atomic mass is 10.1. The van der Waals surface area contributed by atoms with Crippen molar-refractivity contribution >= 4 is 25.4 Å². The minimum absolute atomic E-state index is 0.0111. The Bertz CT molecular complexity index is 852. The van der Waals surface area contributed by atoms with Gasteiger partial charge >= 0.3 is 0 Å². The van der Waals surface area contributed by atoms with Gasteiger partial charge in [-0.1, -0.05) is 20.8 Å². The van der Waals surface area contributed by atoms with E-state index in [1.807, 2.05) is 0 Å². The highest BCUT2D eigenvalue weighted by molar-refractivity contribution is 6.74. The molecule has 2 aromatic heterocycles. The number of ether oxygens (including phenoxy) is 2. The summed E-state index contributed by atoms with van der Waals surface area (Å²) < 4.78 is 18.8. The monoisotopic (exact) mass is 411 g/mol. The highest BCUT2D eigenvalue weighted by Crippen LogP contribution is 2.38. The lowest BCUT2D eigenvalue weighted by Crippen LogP contribution is -2.44. The first-order valence-electron chi connectivity index (χ1n) is 9.16. The number of aromatic nitrogens is 4. The SMILES string of the molecule is COc1nc(N)nc2c1ncn2[C@@H]1O[C@H](CO[Si](C)(C)C(C)(C)C)[C@@H](O)[C@H]1O. The van der Waals surface area contributed by atoms with Crippen molar-refractivity contribution in [3.63, 3.8) is 0 Å². The summed E-state index contributed by atoms with van der Waals surface area (Å²) in [5, 5.41) is 21.1. The van der Waals surface area contributed by atoms with E-state index in [1.165, 1.54) is 18.0 Å². The average molecular weight is 412 g/mol. The van der Waals surface area contributed by atoms with Crippen LogP contribution in [-0.4, -0.2) is 70.1 Å². The van der Waals surface area contributed by atoms with Crippen LogP contribution in [0.4, 0.5) is 5.95 Å². The van der Waals surface area contributed by atoms with Crippen LogP contribution in [0.3, 0.4) is 0 Å². The van der Waals surface area contributed by atoms with E-state index in [1.54, 1.807) is 0 Å². The van der Waals surface area contributed by atoms with E-state index in [2.05, 4.69) is 48.8 Å². The van der Waals surface area contributed by atoms with Crippen molar-refractivity contribution in [3.05, 3.63) is 6.33 Å². The molecule has 0 aliphatic carbocycles. The molecule has 3 rings (SSSR count). The highest BCUT2D eigenvalue weighted by atomic mass is 28.4. The predicted molar refractivity (Wildman–Crippen MR) is 105 cm³/mol. The van der Waals surface area contributed by atoms with E-state index in [4.69, 9.17) is 19.6 Å². The Hall–Kier alpha value is -1.79. The van der Waals surface area contributed by atoms with Gasteiger partial charge in [-0.05, 0) is 18.1 Å². The average Bonchev–Trinajstić information content (AvgIpc) is 3.13. The zero-order valence-corrected chi connectivity index (χ0v) is 18.1. The number of nitrogen functional groups attached to an aromatic ring is 1. The maximum atomic E-state index is 10.6. The number of rotatable bonds is 5. The number of hydrogen-bond acceptors (Lipinski definition) is 9. The quantitative estimate of drug-likeness (QED) is 0.616. The lowest BCUT2D eigenvalue weighted by molar-refractivity contribution is -0.0491. The topological polar surface area (TPSA) is 138 Å². The van der Waals surface area contributed by atoms with Crippen LogP contribution in [0.1, 0.15) is 27.0 Å². The van der Waals surface area contributed by atoms with Gasteiger partial charge in [0.15, 0.2) is 25.7 Å². The van der Waals surface area contributed by atoms with E-state index in [9.17, 15) is 10.2 Å². The molecule has 0 amide bonds. The predicted octanol–water partition coefficient (Wildman–Crippen LogP) is 1.06. The first-order valence-corrected chi connectivity index (χ1v) is 12.1. The number of fused-ring (bicyclic) bond motifs is 1. The molecule has 0 unspecified atom stereocenters. The zero-order chi connectivity index (χ0) is 20.9. The minimum Gasteiger partial charge on any atom is -0.479 e. The Morgan fingerprint density at radius 2 is 1.93 bits per heavy atom. The van der Waals surface area contributed by atoms with Gasteiger partial charge < -0.3 is 29.8 Å². The number of nitrogens with zero attached hydrogens (tertiary/aromatic N) is 4. The number of aliphatic hydroxyl groups is 2. The van der Waals surface area contributed by atoms with Gasteiger partial charge in [0.1, 0.15) is 18.3 Å². The third kappa shape index (κ3) is 3.60. The van der Waals surface area contributed by atoms with Crippen molar-refractivity contribution in [1.82, 2.24) is 19.5 Å². The summed E-state index contributed by atoms with van der Waals surface area (Å²) in [6.45, 7) is 10.8. The van der Waals surface area contributed by atoms with Gasteiger partial charge in [0.25, 0.3) is 0 Å². The van der Waals surface area contributed by atoms with E-state index < -0.39 is 32.9 Å². The van der Waals surface area contributed by atoms with Crippen molar-refractivity contribution in [1.29, 1.82) is 0 Å². The standard InChI is InChI=1S/C17H29N5O5Si/c1-17(2,3)28(5,6)26-7-9-11(23)12(24)15(27-9)22-8-19-10-13(22)20-16(18)21-14(10)25-4/h8-9,11-12,15,23-24H,7H2,1-6H3,(H2,18,20,21)/t9-,11-,12-,15-/m1/s1. The normalized spacial score (nSPS) is 26.1. The Morgan fingerprint density at radius 3 is 2.54 bits per heavy atom. The van der Waals surface area contributed by atoms with E-state index in [0.29, 0.717) is 11.2 Å². The van der Waals surface area contributed by atoms with Crippen LogP contribution in [0.15, 0.2) is 6.33 Å². The molecule has 0 radical (unpaired) electrons. The molecule has 4 atom stereocenters. The van der Waals surface area contributed by atoms with Gasteiger partial charge in [0, 0.05) is 0 Å². The second-order valence-corrected chi connectivity index (χ2v) is 13.3. The zero-order valence-electron chi connectivity index (χ0n) is 17.1. The van der Waals surface area contributed by atoms with Gasteiger partial charge in [-0.2, -0.15) is 9.97 Å².